The highest BCUT2D eigenvalue weighted by Gasteiger charge is 2.33. The summed E-state index contributed by atoms with van der Waals surface area (Å²) in [6.45, 7) is 0.325. The molecule has 1 aliphatic carbocycles. The van der Waals surface area contributed by atoms with E-state index in [1.807, 2.05) is 0 Å². The third-order valence-corrected chi connectivity index (χ3v) is 4.63. The molecule has 25 heavy (non-hydrogen) atoms. The summed E-state index contributed by atoms with van der Waals surface area (Å²) >= 11 is 5.59. The lowest BCUT2D eigenvalue weighted by atomic mass is 9.91. The van der Waals surface area contributed by atoms with Crippen molar-refractivity contribution in [3.63, 3.8) is 0 Å². The van der Waals surface area contributed by atoms with Gasteiger partial charge in [-0.15, -0.1) is 0 Å². The molecule has 1 saturated heterocycles. The molecule has 0 aromatic heterocycles. The molecule has 1 saturated carbocycles. The molecule has 2 amide bonds. The maximum atomic E-state index is 13.3. The number of hydrogen-bond donors (Lipinski definition) is 2. The van der Waals surface area contributed by atoms with Gasteiger partial charge in [-0.3, -0.25) is 9.59 Å². The SMILES string of the molecule is O=C(COc1ccc(Cl)c(F)c1)N[C@H]1CC[C@H](NC(=O)C2CO2)CC1. The second-order valence-electron chi connectivity index (χ2n) is 6.31. The van der Waals surface area contributed by atoms with Crippen molar-refractivity contribution in [3.8, 4) is 5.75 Å². The summed E-state index contributed by atoms with van der Waals surface area (Å²) in [5.74, 6) is -0.632. The van der Waals surface area contributed by atoms with Crippen LogP contribution < -0.4 is 15.4 Å². The Morgan fingerprint density at radius 2 is 1.84 bits per heavy atom. The van der Waals surface area contributed by atoms with Gasteiger partial charge in [0.15, 0.2) is 12.7 Å². The lowest BCUT2D eigenvalue weighted by molar-refractivity contribution is -0.125. The molecule has 1 aliphatic heterocycles. The van der Waals surface area contributed by atoms with Crippen LogP contribution >= 0.6 is 11.6 Å². The fraction of sp³-hybridized carbons (Fsp3) is 0.529. The standard InChI is InChI=1S/C17H20ClFN2O4/c18-13-6-5-12(7-14(13)19)24-9-16(22)20-10-1-3-11(4-2-10)21-17(23)15-8-25-15/h5-7,10-11,15H,1-4,8-9H2,(H,20,22)(H,21,23)/t10-,11-,15?. The third-order valence-electron chi connectivity index (χ3n) is 4.33. The molecule has 2 aliphatic rings. The Kier molecular flexibility index (Phi) is 5.75. The van der Waals surface area contributed by atoms with Gasteiger partial charge in [0.25, 0.3) is 11.8 Å². The van der Waals surface area contributed by atoms with Gasteiger partial charge in [0, 0.05) is 18.2 Å². The predicted molar refractivity (Wildman–Crippen MR) is 89.0 cm³/mol. The molecular formula is C17H20ClFN2O4. The molecule has 1 aromatic rings. The van der Waals surface area contributed by atoms with Gasteiger partial charge in [0.05, 0.1) is 11.6 Å². The van der Waals surface area contributed by atoms with E-state index in [0.717, 1.165) is 31.7 Å². The Labute approximate surface area is 150 Å². The molecule has 2 N–H and O–H groups in total. The summed E-state index contributed by atoms with van der Waals surface area (Å²) in [6.07, 6.45) is 2.93. The van der Waals surface area contributed by atoms with Crippen molar-refractivity contribution in [2.75, 3.05) is 13.2 Å². The van der Waals surface area contributed by atoms with Gasteiger partial charge >= 0.3 is 0 Å². The Bertz CT molecular complexity index is 646. The van der Waals surface area contributed by atoms with E-state index in [9.17, 15) is 14.0 Å². The smallest absolute Gasteiger partial charge is 0.258 e. The van der Waals surface area contributed by atoms with Crippen LogP contribution in [0.3, 0.4) is 0 Å². The number of amides is 2. The van der Waals surface area contributed by atoms with Gasteiger partial charge in [0.2, 0.25) is 0 Å². The first kappa shape index (κ1) is 17.9. The highest BCUT2D eigenvalue weighted by Crippen LogP contribution is 2.21. The van der Waals surface area contributed by atoms with Crippen LogP contribution in [0.1, 0.15) is 25.7 Å². The molecule has 1 aromatic carbocycles. The first-order valence-electron chi connectivity index (χ1n) is 8.30. The Morgan fingerprint density at radius 3 is 2.44 bits per heavy atom. The first-order valence-corrected chi connectivity index (χ1v) is 8.68. The van der Waals surface area contributed by atoms with Gasteiger partial charge in [-0.05, 0) is 37.8 Å². The number of hydrogen-bond acceptors (Lipinski definition) is 4. The van der Waals surface area contributed by atoms with E-state index < -0.39 is 5.82 Å². The van der Waals surface area contributed by atoms with Crippen molar-refractivity contribution in [1.82, 2.24) is 10.6 Å². The fourth-order valence-electron chi connectivity index (χ4n) is 2.86. The molecule has 3 rings (SSSR count). The molecule has 136 valence electrons. The topological polar surface area (TPSA) is 80.0 Å². The van der Waals surface area contributed by atoms with E-state index in [2.05, 4.69) is 10.6 Å². The first-order chi connectivity index (χ1) is 12.0. The van der Waals surface area contributed by atoms with Gasteiger partial charge < -0.3 is 20.1 Å². The van der Waals surface area contributed by atoms with E-state index in [0.29, 0.717) is 6.61 Å². The van der Waals surface area contributed by atoms with Crippen molar-refractivity contribution in [3.05, 3.63) is 29.0 Å². The largest absolute Gasteiger partial charge is 0.484 e. The number of carbonyl (C=O) groups excluding carboxylic acids is 2. The van der Waals surface area contributed by atoms with E-state index in [4.69, 9.17) is 21.1 Å². The molecule has 0 radical (unpaired) electrons. The van der Waals surface area contributed by atoms with Crippen molar-refractivity contribution in [2.45, 2.75) is 43.9 Å². The van der Waals surface area contributed by atoms with Crippen molar-refractivity contribution in [1.29, 1.82) is 0 Å². The molecule has 6 nitrogen and oxygen atoms in total. The van der Waals surface area contributed by atoms with Gasteiger partial charge in [-0.2, -0.15) is 0 Å². The van der Waals surface area contributed by atoms with Crippen LogP contribution in [0.5, 0.6) is 5.75 Å². The number of benzene rings is 1. The van der Waals surface area contributed by atoms with Crippen LogP contribution in [0.25, 0.3) is 0 Å². The molecule has 0 spiro atoms. The van der Waals surface area contributed by atoms with Gasteiger partial charge in [0.1, 0.15) is 11.6 Å². The van der Waals surface area contributed by atoms with Crippen LogP contribution in [0.2, 0.25) is 5.02 Å². The summed E-state index contributed by atoms with van der Waals surface area (Å²) in [6, 6.07) is 4.23. The number of carbonyl (C=O) groups is 2. The Morgan fingerprint density at radius 1 is 1.20 bits per heavy atom. The molecular weight excluding hydrogens is 351 g/mol. The van der Waals surface area contributed by atoms with Gasteiger partial charge in [-0.1, -0.05) is 11.6 Å². The van der Waals surface area contributed by atoms with Crippen LogP contribution in [0, 0.1) is 5.82 Å². The van der Waals surface area contributed by atoms with Crippen molar-refractivity contribution < 1.29 is 23.5 Å². The average Bonchev–Trinajstić information content (AvgIpc) is 3.43. The monoisotopic (exact) mass is 370 g/mol. The van der Waals surface area contributed by atoms with Crippen LogP contribution in [0.15, 0.2) is 18.2 Å². The summed E-state index contributed by atoms with van der Waals surface area (Å²) in [5, 5.41) is 5.87. The highest BCUT2D eigenvalue weighted by atomic mass is 35.5. The summed E-state index contributed by atoms with van der Waals surface area (Å²) in [5.41, 5.74) is 0. The normalized spacial score (nSPS) is 25.1. The minimum absolute atomic E-state index is 0.00824. The Hall–Kier alpha value is -1.86. The summed E-state index contributed by atoms with van der Waals surface area (Å²) in [7, 11) is 0. The lowest BCUT2D eigenvalue weighted by Gasteiger charge is -2.29. The minimum Gasteiger partial charge on any atom is -0.484 e. The highest BCUT2D eigenvalue weighted by molar-refractivity contribution is 6.30. The third kappa shape index (κ3) is 5.31. The van der Waals surface area contributed by atoms with E-state index >= 15 is 0 Å². The molecule has 2 fully saturated rings. The predicted octanol–water partition coefficient (Wildman–Crippen LogP) is 1.80. The van der Waals surface area contributed by atoms with Crippen LogP contribution in [0.4, 0.5) is 4.39 Å². The van der Waals surface area contributed by atoms with Crippen molar-refractivity contribution in [2.24, 2.45) is 0 Å². The second kappa shape index (κ2) is 8.01. The van der Waals surface area contributed by atoms with Crippen LogP contribution in [-0.4, -0.2) is 43.2 Å². The van der Waals surface area contributed by atoms with Gasteiger partial charge in [-0.25, -0.2) is 4.39 Å². The number of nitrogens with one attached hydrogen (secondary N) is 2. The quantitative estimate of drug-likeness (QED) is 0.748. The van der Waals surface area contributed by atoms with Crippen LogP contribution in [-0.2, 0) is 14.3 Å². The summed E-state index contributed by atoms with van der Waals surface area (Å²) in [4.78, 5) is 23.6. The minimum atomic E-state index is -0.587. The number of rotatable bonds is 6. The lowest BCUT2D eigenvalue weighted by Crippen LogP contribution is -2.45. The number of epoxide rings is 1. The molecule has 0 bridgehead atoms. The average molecular weight is 371 g/mol. The zero-order valence-electron chi connectivity index (χ0n) is 13.6. The molecule has 1 heterocycles. The second-order valence-corrected chi connectivity index (χ2v) is 6.72. The maximum absolute atomic E-state index is 13.3. The van der Waals surface area contributed by atoms with Crippen molar-refractivity contribution >= 4 is 23.4 Å². The number of ether oxygens (including phenoxy) is 2. The maximum Gasteiger partial charge on any atom is 0.258 e. The zero-order chi connectivity index (χ0) is 17.8. The molecule has 8 heteroatoms. The zero-order valence-corrected chi connectivity index (χ0v) is 14.4. The molecule has 1 unspecified atom stereocenters. The van der Waals surface area contributed by atoms with E-state index in [1.165, 1.54) is 12.1 Å². The number of halogens is 2. The summed E-state index contributed by atoms with van der Waals surface area (Å²) < 4.78 is 23.5. The van der Waals surface area contributed by atoms with E-state index in [1.54, 1.807) is 0 Å². The molecule has 1 atom stereocenters. The Balaban J connectivity index is 1.35. The fourth-order valence-corrected chi connectivity index (χ4v) is 2.98. The van der Waals surface area contributed by atoms with E-state index in [-0.39, 0.29) is 47.4 Å².